The number of carboxylic acid groups (broad SMARTS) is 1. The molecule has 3 rings (SSSR count). The molecule has 3 atom stereocenters. The number of rotatable bonds is 9. The van der Waals surface area contributed by atoms with Crippen LogP contribution < -0.4 is 10.6 Å². The molecule has 3 unspecified atom stereocenters. The van der Waals surface area contributed by atoms with Gasteiger partial charge in [-0.15, -0.1) is 0 Å². The molecule has 1 aliphatic carbocycles. The van der Waals surface area contributed by atoms with Gasteiger partial charge in [0.05, 0.1) is 18.4 Å². The zero-order valence-corrected chi connectivity index (χ0v) is 18.1. The molecule has 8 nitrogen and oxygen atoms in total. The number of aliphatic carboxylic acids is 1. The molecule has 2 amide bonds. The van der Waals surface area contributed by atoms with Crippen LogP contribution in [-0.4, -0.2) is 53.5 Å². The van der Waals surface area contributed by atoms with Crippen LogP contribution in [0.1, 0.15) is 37.3 Å². The highest BCUT2D eigenvalue weighted by atomic mass is 16.5. The number of carbonyl (C=O) groups is 3. The van der Waals surface area contributed by atoms with Gasteiger partial charge in [0.1, 0.15) is 6.61 Å². The number of fused-ring (bicyclic) bond motifs is 3. The second-order valence-electron chi connectivity index (χ2n) is 8.05. The molecule has 0 fully saturated rings. The maximum Gasteiger partial charge on any atom is 0.407 e. The monoisotopic (exact) mass is 440 g/mol. The second kappa shape index (κ2) is 10.3. The summed E-state index contributed by atoms with van der Waals surface area (Å²) in [7, 11) is 0. The first-order chi connectivity index (χ1) is 15.3. The van der Waals surface area contributed by atoms with E-state index in [4.69, 9.17) is 9.84 Å². The Morgan fingerprint density at radius 3 is 2.12 bits per heavy atom. The molecular weight excluding hydrogens is 412 g/mol. The highest BCUT2D eigenvalue weighted by Gasteiger charge is 2.29. The zero-order chi connectivity index (χ0) is 23.3. The minimum atomic E-state index is -1.12. The minimum absolute atomic E-state index is 0.0680. The van der Waals surface area contributed by atoms with Gasteiger partial charge in [0.25, 0.3) is 0 Å². The van der Waals surface area contributed by atoms with Gasteiger partial charge in [0.15, 0.2) is 0 Å². The van der Waals surface area contributed by atoms with Crippen molar-refractivity contribution in [2.75, 3.05) is 13.2 Å². The Hall–Kier alpha value is -3.39. The van der Waals surface area contributed by atoms with E-state index in [-0.39, 0.29) is 25.5 Å². The topological polar surface area (TPSA) is 125 Å². The number of nitrogens with one attached hydrogen (secondary N) is 2. The van der Waals surface area contributed by atoms with Gasteiger partial charge in [-0.2, -0.15) is 0 Å². The van der Waals surface area contributed by atoms with Crippen LogP contribution in [0.3, 0.4) is 0 Å². The largest absolute Gasteiger partial charge is 0.481 e. The van der Waals surface area contributed by atoms with Crippen LogP contribution in [0.15, 0.2) is 48.5 Å². The second-order valence-corrected chi connectivity index (χ2v) is 8.05. The third kappa shape index (κ3) is 5.45. The van der Waals surface area contributed by atoms with E-state index in [0.717, 1.165) is 22.3 Å². The first kappa shape index (κ1) is 23.3. The summed E-state index contributed by atoms with van der Waals surface area (Å²) in [6.07, 6.45) is -2.07. The summed E-state index contributed by atoms with van der Waals surface area (Å²) in [5.41, 5.74) is 4.46. The van der Waals surface area contributed by atoms with Crippen LogP contribution >= 0.6 is 0 Å². The number of benzene rings is 2. The van der Waals surface area contributed by atoms with Crippen LogP contribution in [0, 0.1) is 5.92 Å². The third-order valence-electron chi connectivity index (χ3n) is 5.77. The molecule has 0 saturated heterocycles. The third-order valence-corrected chi connectivity index (χ3v) is 5.77. The average molecular weight is 440 g/mol. The standard InChI is InChI=1S/C24H28N2O6/c1-14(23(29)30)15(2)26-22(28)11-16(27)12-25-24(31)32-13-21-19-9-5-3-7-17(19)18-8-4-6-10-20(18)21/h3-10,14-16,21,27H,11-13H2,1-2H3,(H,25,31)(H,26,28)(H,29,30). The van der Waals surface area contributed by atoms with Crippen LogP contribution in [0.2, 0.25) is 0 Å². The normalized spacial score (nSPS) is 15.1. The lowest BCUT2D eigenvalue weighted by Gasteiger charge is -2.19. The molecule has 2 aromatic rings. The number of aliphatic hydroxyl groups is 1. The van der Waals surface area contributed by atoms with Gasteiger partial charge in [-0.05, 0) is 36.1 Å². The fourth-order valence-corrected chi connectivity index (χ4v) is 3.79. The van der Waals surface area contributed by atoms with Gasteiger partial charge in [0.2, 0.25) is 5.91 Å². The summed E-state index contributed by atoms with van der Waals surface area (Å²) < 4.78 is 5.39. The Bertz CT molecular complexity index is 946. The average Bonchev–Trinajstić information content (AvgIpc) is 3.09. The Labute approximate surface area is 186 Å². The lowest BCUT2D eigenvalue weighted by molar-refractivity contribution is -0.142. The van der Waals surface area contributed by atoms with Crippen molar-refractivity contribution in [2.45, 2.75) is 38.3 Å². The maximum absolute atomic E-state index is 12.1. The van der Waals surface area contributed by atoms with E-state index < -0.39 is 36.0 Å². The molecule has 0 heterocycles. The van der Waals surface area contributed by atoms with Gasteiger partial charge in [-0.25, -0.2) is 4.79 Å². The fourth-order valence-electron chi connectivity index (χ4n) is 3.79. The van der Waals surface area contributed by atoms with Crippen molar-refractivity contribution in [1.29, 1.82) is 0 Å². The molecule has 0 saturated carbocycles. The number of hydrogen-bond donors (Lipinski definition) is 4. The Morgan fingerprint density at radius 2 is 1.56 bits per heavy atom. The van der Waals surface area contributed by atoms with E-state index in [2.05, 4.69) is 10.6 Å². The lowest BCUT2D eigenvalue weighted by Crippen LogP contribution is -2.42. The minimum Gasteiger partial charge on any atom is -0.481 e. The molecule has 0 aromatic heterocycles. The molecule has 0 spiro atoms. The molecule has 2 aromatic carbocycles. The number of amides is 2. The van der Waals surface area contributed by atoms with Crippen LogP contribution in [0.5, 0.6) is 0 Å². The van der Waals surface area contributed by atoms with Gasteiger partial charge >= 0.3 is 12.1 Å². The predicted molar refractivity (Wildman–Crippen MR) is 118 cm³/mol. The van der Waals surface area contributed by atoms with Crippen LogP contribution in [0.25, 0.3) is 11.1 Å². The molecule has 4 N–H and O–H groups in total. The van der Waals surface area contributed by atoms with Crippen molar-refractivity contribution >= 4 is 18.0 Å². The summed E-state index contributed by atoms with van der Waals surface area (Å²) in [6.45, 7) is 3.06. The van der Waals surface area contributed by atoms with E-state index >= 15 is 0 Å². The summed E-state index contributed by atoms with van der Waals surface area (Å²) in [6, 6.07) is 15.4. The summed E-state index contributed by atoms with van der Waals surface area (Å²) >= 11 is 0. The number of carbonyl (C=O) groups excluding carboxylic acids is 2. The van der Waals surface area contributed by atoms with Crippen molar-refractivity contribution in [1.82, 2.24) is 10.6 Å². The van der Waals surface area contributed by atoms with E-state index in [1.807, 2.05) is 48.5 Å². The quantitative estimate of drug-likeness (QED) is 0.475. The summed E-state index contributed by atoms with van der Waals surface area (Å²) in [5, 5.41) is 24.0. The van der Waals surface area contributed by atoms with Gasteiger partial charge in [-0.3, -0.25) is 9.59 Å². The molecule has 1 aliphatic rings. The summed E-state index contributed by atoms with van der Waals surface area (Å²) in [5.74, 6) is -2.33. The van der Waals surface area contributed by atoms with E-state index in [1.54, 1.807) is 6.92 Å². The Morgan fingerprint density at radius 1 is 1.00 bits per heavy atom. The SMILES string of the molecule is CC(NC(=O)CC(O)CNC(=O)OCC1c2ccccc2-c2ccccc21)C(C)C(=O)O. The highest BCUT2D eigenvalue weighted by Crippen LogP contribution is 2.44. The molecule has 32 heavy (non-hydrogen) atoms. The first-order valence-electron chi connectivity index (χ1n) is 10.6. The van der Waals surface area contributed by atoms with Crippen LogP contribution in [0.4, 0.5) is 4.79 Å². The van der Waals surface area contributed by atoms with Gasteiger partial charge in [-0.1, -0.05) is 48.5 Å². The Kier molecular flexibility index (Phi) is 7.48. The summed E-state index contributed by atoms with van der Waals surface area (Å²) in [4.78, 5) is 35.1. The van der Waals surface area contributed by atoms with Crippen molar-refractivity contribution < 1.29 is 29.3 Å². The lowest BCUT2D eigenvalue weighted by atomic mass is 9.98. The molecule has 0 aliphatic heterocycles. The number of ether oxygens (including phenoxy) is 1. The van der Waals surface area contributed by atoms with Gasteiger partial charge < -0.3 is 25.6 Å². The van der Waals surface area contributed by atoms with Crippen LogP contribution in [-0.2, 0) is 14.3 Å². The zero-order valence-electron chi connectivity index (χ0n) is 18.1. The number of alkyl carbamates (subject to hydrolysis) is 1. The molecule has 0 radical (unpaired) electrons. The van der Waals surface area contributed by atoms with Gasteiger partial charge in [0, 0.05) is 18.5 Å². The smallest absolute Gasteiger partial charge is 0.407 e. The molecular formula is C24H28N2O6. The van der Waals surface area contributed by atoms with E-state index in [1.165, 1.54) is 6.92 Å². The number of aliphatic hydroxyl groups excluding tert-OH is 1. The van der Waals surface area contributed by atoms with Crippen molar-refractivity contribution in [3.8, 4) is 11.1 Å². The van der Waals surface area contributed by atoms with E-state index in [0.29, 0.717) is 0 Å². The highest BCUT2D eigenvalue weighted by molar-refractivity contribution is 5.79. The maximum atomic E-state index is 12.1. The predicted octanol–water partition coefficient (Wildman–Crippen LogP) is 2.50. The number of carboxylic acids is 1. The van der Waals surface area contributed by atoms with E-state index in [9.17, 15) is 19.5 Å². The molecule has 0 bridgehead atoms. The van der Waals surface area contributed by atoms with Crippen molar-refractivity contribution in [3.63, 3.8) is 0 Å². The fraction of sp³-hybridized carbons (Fsp3) is 0.375. The van der Waals surface area contributed by atoms with Crippen molar-refractivity contribution in [3.05, 3.63) is 59.7 Å². The first-order valence-corrected chi connectivity index (χ1v) is 10.6. The molecule has 8 heteroatoms. The van der Waals surface area contributed by atoms with Crippen molar-refractivity contribution in [2.24, 2.45) is 5.92 Å². The Balaban J connectivity index is 1.46. The number of hydrogen-bond acceptors (Lipinski definition) is 5. The molecule has 170 valence electrons.